The number of ether oxygens (including phenoxy) is 1. The summed E-state index contributed by atoms with van der Waals surface area (Å²) in [5, 5.41) is 2.11. The Kier molecular flexibility index (Phi) is 10.8. The van der Waals surface area contributed by atoms with E-state index in [0.29, 0.717) is 28.4 Å². The van der Waals surface area contributed by atoms with Crippen LogP contribution in [-0.2, 0) is 37.3 Å². The molecule has 1 aliphatic heterocycles. The Hall–Kier alpha value is -7.20. The van der Waals surface area contributed by atoms with Gasteiger partial charge in [-0.25, -0.2) is 4.98 Å². The molecule has 8 aromatic carbocycles. The number of aromatic nitrogens is 2. The molecule has 3 heterocycles. The summed E-state index contributed by atoms with van der Waals surface area (Å²) in [6.07, 6.45) is 1.88. The van der Waals surface area contributed by atoms with Gasteiger partial charge in [-0.1, -0.05) is 188 Å². The van der Waals surface area contributed by atoms with Crippen molar-refractivity contribution in [2.45, 2.75) is 71.6 Å². The van der Waals surface area contributed by atoms with Crippen LogP contribution in [0.3, 0.4) is 0 Å². The van der Waals surface area contributed by atoms with Crippen LogP contribution in [0.1, 0.15) is 84.5 Å². The summed E-state index contributed by atoms with van der Waals surface area (Å²) in [5.74, 6) is 1.77. The third-order valence-electron chi connectivity index (χ3n) is 13.6. The van der Waals surface area contributed by atoms with Crippen LogP contribution in [-0.4, -0.2) is 9.55 Å². The van der Waals surface area contributed by atoms with Gasteiger partial charge < -0.3 is 19.1 Å². The van der Waals surface area contributed by atoms with E-state index < -0.39 is 18.1 Å². The van der Waals surface area contributed by atoms with Gasteiger partial charge in [-0.2, -0.15) is 12.1 Å². The molecule has 6 heteroatoms. The topological polar surface area (TPSA) is 33.5 Å². The Bertz CT molecular complexity index is 3820. The molecule has 0 saturated heterocycles. The molecule has 0 atom stereocenters. The molecule has 0 amide bonds. The van der Waals surface area contributed by atoms with Gasteiger partial charge in [-0.05, 0) is 79.9 Å². The molecule has 0 aliphatic carbocycles. The zero-order valence-electron chi connectivity index (χ0n) is 46.2. The number of nitrogens with zero attached hydrogens (tertiary/aromatic N) is 4. The number of hydrogen-bond acceptors (Lipinski definition) is 4. The molecule has 10 aromatic rings. The molecule has 0 fully saturated rings. The van der Waals surface area contributed by atoms with Crippen molar-refractivity contribution in [3.05, 3.63) is 235 Å². The van der Waals surface area contributed by atoms with Crippen molar-refractivity contribution in [1.82, 2.24) is 9.55 Å². The van der Waals surface area contributed by atoms with Crippen molar-refractivity contribution in [2.24, 2.45) is 0 Å². The largest absolute Gasteiger partial charge is 0.509 e. The number of anilines is 4. The van der Waals surface area contributed by atoms with Crippen molar-refractivity contribution in [3.63, 3.8) is 0 Å². The number of rotatable bonds is 9. The monoisotopic (exact) mass is 1110 g/mol. The van der Waals surface area contributed by atoms with Crippen LogP contribution in [0.5, 0.6) is 11.5 Å². The van der Waals surface area contributed by atoms with Gasteiger partial charge in [-0.3, -0.25) is 0 Å². The van der Waals surface area contributed by atoms with Crippen molar-refractivity contribution in [3.8, 4) is 39.6 Å². The van der Waals surface area contributed by atoms with E-state index in [4.69, 9.17) is 13.8 Å². The fourth-order valence-electron chi connectivity index (χ4n) is 9.63. The normalized spacial score (nSPS) is 13.8. The Morgan fingerprint density at radius 3 is 1.89 bits per heavy atom. The minimum Gasteiger partial charge on any atom is -0.509 e. The van der Waals surface area contributed by atoms with Crippen molar-refractivity contribution >= 4 is 44.6 Å². The Labute approximate surface area is 440 Å². The van der Waals surface area contributed by atoms with Crippen molar-refractivity contribution < 1.29 is 32.7 Å². The van der Waals surface area contributed by atoms with Crippen LogP contribution in [0, 0.1) is 18.8 Å². The summed E-state index contributed by atoms with van der Waals surface area (Å²) >= 11 is 0. The zero-order chi connectivity index (χ0) is 52.7. The van der Waals surface area contributed by atoms with Gasteiger partial charge >= 0.3 is 0 Å². The first-order valence-corrected chi connectivity index (χ1v) is 23.9. The van der Waals surface area contributed by atoms with Gasteiger partial charge in [0.1, 0.15) is 5.82 Å². The molecule has 0 unspecified atom stereocenters. The standard InChI is InChI=1S/C65H57N4O.Pt/c1-63(2,3)48-37-45(38-49(39-48)64(4,5)6)54-29-20-28-53(44-21-11-9-12-22-44)62(54)68-43-67(58-31-17-18-32-59(58)68)50-25-19-26-51(41-50)70-52-33-34-56-55-27-15-16-30-57(55)69(60(56)42-52)61-40-47(35-36-66-61)65(7,8)46-23-13-10-14-24-46;/h9-40,43H,1-8H3;/q-3;/i9D,11D,12D,21D,22D;. The van der Waals surface area contributed by atoms with E-state index in [1.54, 1.807) is 0 Å². The predicted molar refractivity (Wildman–Crippen MR) is 291 cm³/mol. The Morgan fingerprint density at radius 2 is 1.17 bits per heavy atom. The molecule has 0 spiro atoms. The summed E-state index contributed by atoms with van der Waals surface area (Å²) in [5.41, 5.74) is 11.4. The van der Waals surface area contributed by atoms with Crippen LogP contribution >= 0.6 is 0 Å². The minimum absolute atomic E-state index is 0. The maximum absolute atomic E-state index is 9.23. The average Bonchev–Trinajstić information content (AvgIpc) is 3.95. The van der Waals surface area contributed by atoms with E-state index in [0.717, 1.165) is 66.8 Å². The Balaban J connectivity index is 0.00000657. The maximum atomic E-state index is 9.23. The van der Waals surface area contributed by atoms with Crippen LogP contribution < -0.4 is 14.5 Å². The first kappa shape index (κ1) is 41.6. The number of para-hydroxylation sites is 4. The summed E-state index contributed by atoms with van der Waals surface area (Å²) in [7, 11) is 0. The fourth-order valence-corrected chi connectivity index (χ4v) is 9.63. The van der Waals surface area contributed by atoms with E-state index in [1.807, 2.05) is 85.7 Å². The number of pyridine rings is 1. The molecule has 0 N–H and O–H groups in total. The van der Waals surface area contributed by atoms with E-state index in [1.165, 1.54) is 5.56 Å². The SMILES string of the molecule is [2H]c1c([2H])c([2H])c(-c2cccc(-c3cc(C(C)(C)C)cc(C(C)(C)C)c3)c2N2[CH-]N(c3[c-]c(Oc4[c-]c5c(cc4)c4ccccc4n5-c4cc(C(C)(C)c5ccccc5)ccn4)ccc3)c3ccccc32)c([2H])c1[2H].[Pt]. The van der Waals surface area contributed by atoms with Gasteiger partial charge in [0.2, 0.25) is 0 Å². The first-order valence-electron chi connectivity index (χ1n) is 26.4. The minimum atomic E-state index is -0.439. The molecular weight excluding hydrogens is 1050 g/mol. The van der Waals surface area contributed by atoms with E-state index in [9.17, 15) is 2.74 Å². The van der Waals surface area contributed by atoms with E-state index >= 15 is 0 Å². The van der Waals surface area contributed by atoms with Crippen molar-refractivity contribution in [1.29, 1.82) is 0 Å². The maximum Gasteiger partial charge on any atom is 0.135 e. The number of hydrogen-bond donors (Lipinski definition) is 0. The second kappa shape index (κ2) is 18.5. The van der Waals surface area contributed by atoms with Gasteiger partial charge in [0.05, 0.1) is 6.85 Å². The molecule has 0 radical (unpaired) electrons. The smallest absolute Gasteiger partial charge is 0.135 e. The van der Waals surface area contributed by atoms with Crippen LogP contribution in [0.2, 0.25) is 0 Å². The molecule has 0 bridgehead atoms. The first-order chi connectivity index (χ1) is 35.8. The van der Waals surface area contributed by atoms with Gasteiger partial charge in [0.15, 0.2) is 0 Å². The second-order valence-corrected chi connectivity index (χ2v) is 20.7. The average molecular weight is 1110 g/mol. The summed E-state index contributed by atoms with van der Waals surface area (Å²) < 4.78 is 53.3. The van der Waals surface area contributed by atoms with Gasteiger partial charge in [-0.15, -0.1) is 48.1 Å². The zero-order valence-corrected chi connectivity index (χ0v) is 43.5. The quantitative estimate of drug-likeness (QED) is 0.135. The molecule has 11 rings (SSSR count). The third-order valence-corrected chi connectivity index (χ3v) is 13.6. The van der Waals surface area contributed by atoms with Gasteiger partial charge in [0.25, 0.3) is 0 Å². The summed E-state index contributed by atoms with van der Waals surface area (Å²) in [6.45, 7) is 19.7. The Morgan fingerprint density at radius 1 is 0.535 bits per heavy atom. The molecular formula is C65H57N4OPt-3. The number of benzene rings is 8. The summed E-state index contributed by atoms with van der Waals surface area (Å²) in [4.78, 5) is 9.07. The molecule has 71 heavy (non-hydrogen) atoms. The molecule has 0 saturated carbocycles. The molecule has 2 aromatic heterocycles. The number of fused-ring (bicyclic) bond motifs is 4. The molecule has 5 nitrogen and oxygen atoms in total. The predicted octanol–water partition coefficient (Wildman–Crippen LogP) is 17.2. The molecule has 356 valence electrons. The molecule has 1 aliphatic rings. The van der Waals surface area contributed by atoms with Gasteiger partial charge in [0, 0.05) is 77.9 Å². The van der Waals surface area contributed by atoms with Crippen molar-refractivity contribution in [2.75, 3.05) is 9.80 Å². The van der Waals surface area contributed by atoms with Crippen LogP contribution in [0.4, 0.5) is 22.7 Å². The third kappa shape index (κ3) is 8.87. The van der Waals surface area contributed by atoms with E-state index in [2.05, 4.69) is 167 Å². The van der Waals surface area contributed by atoms with Crippen LogP contribution in [0.15, 0.2) is 194 Å². The second-order valence-electron chi connectivity index (χ2n) is 20.7. The fraction of sp³-hybridized carbons (Fsp3) is 0.169. The van der Waals surface area contributed by atoms with Crippen LogP contribution in [0.25, 0.3) is 49.9 Å². The van der Waals surface area contributed by atoms with E-state index in [-0.39, 0.29) is 55.0 Å². The summed E-state index contributed by atoms with van der Waals surface area (Å²) in [6, 6.07) is 59.0.